The number of piperidine rings is 1. The second-order valence-corrected chi connectivity index (χ2v) is 8.04. The van der Waals surface area contributed by atoms with Gasteiger partial charge in [-0.15, -0.1) is 0 Å². The van der Waals surface area contributed by atoms with Crippen molar-refractivity contribution >= 4 is 5.91 Å². The summed E-state index contributed by atoms with van der Waals surface area (Å²) < 4.78 is 0. The Labute approximate surface area is 162 Å². The molecule has 0 saturated carbocycles. The van der Waals surface area contributed by atoms with Gasteiger partial charge in [0.1, 0.15) is 0 Å². The van der Waals surface area contributed by atoms with Crippen LogP contribution >= 0.6 is 0 Å². The van der Waals surface area contributed by atoms with E-state index >= 15 is 0 Å². The molecule has 0 unspecified atom stereocenters. The van der Waals surface area contributed by atoms with E-state index in [0.29, 0.717) is 18.5 Å². The summed E-state index contributed by atoms with van der Waals surface area (Å²) in [5.74, 6) is 0.964. The highest BCUT2D eigenvalue weighted by Crippen LogP contribution is 2.29. The number of carbonyl (C=O) groups excluding carboxylic acids is 1. The lowest BCUT2D eigenvalue weighted by molar-refractivity contribution is -0.131. The Hall–Kier alpha value is -2.13. The molecule has 0 bridgehead atoms. The van der Waals surface area contributed by atoms with E-state index in [9.17, 15) is 4.79 Å². The third-order valence-corrected chi connectivity index (χ3v) is 6.20. The summed E-state index contributed by atoms with van der Waals surface area (Å²) in [6.07, 6.45) is 6.87. The number of hydrogen-bond donors (Lipinski definition) is 1. The Balaban J connectivity index is 1.24. The van der Waals surface area contributed by atoms with Gasteiger partial charge in [-0.25, -0.2) is 0 Å². The maximum atomic E-state index is 12.7. The molecule has 142 valence electrons. The van der Waals surface area contributed by atoms with Crippen LogP contribution in [-0.4, -0.2) is 30.4 Å². The molecule has 1 aliphatic carbocycles. The van der Waals surface area contributed by atoms with Gasteiger partial charge in [0.25, 0.3) is 0 Å². The third kappa shape index (κ3) is 4.59. The fourth-order valence-electron chi connectivity index (χ4n) is 4.62. The van der Waals surface area contributed by atoms with Crippen LogP contribution in [0.25, 0.3) is 0 Å². The largest absolute Gasteiger partial charge is 0.342 e. The Kier molecular flexibility index (Phi) is 5.88. The molecule has 0 radical (unpaired) electrons. The highest BCUT2D eigenvalue weighted by atomic mass is 16.2. The van der Waals surface area contributed by atoms with Crippen molar-refractivity contribution in [1.82, 2.24) is 10.2 Å². The Morgan fingerprint density at radius 1 is 0.963 bits per heavy atom. The molecule has 1 fully saturated rings. The molecule has 0 aromatic heterocycles. The van der Waals surface area contributed by atoms with Crippen LogP contribution in [0.5, 0.6) is 0 Å². The zero-order chi connectivity index (χ0) is 18.5. The molecule has 1 heterocycles. The van der Waals surface area contributed by atoms with E-state index in [1.807, 2.05) is 0 Å². The lowest BCUT2D eigenvalue weighted by atomic mass is 9.87. The molecule has 1 atom stereocenters. The van der Waals surface area contributed by atoms with Gasteiger partial charge in [0.2, 0.25) is 5.91 Å². The lowest BCUT2D eigenvalue weighted by Gasteiger charge is -2.33. The fraction of sp³-hybridized carbons (Fsp3) is 0.458. The summed E-state index contributed by atoms with van der Waals surface area (Å²) in [6.45, 7) is 2.26. The number of aryl methyl sites for hydroxylation is 1. The van der Waals surface area contributed by atoms with E-state index in [0.717, 1.165) is 45.2 Å². The predicted molar refractivity (Wildman–Crippen MR) is 110 cm³/mol. The van der Waals surface area contributed by atoms with Gasteiger partial charge in [0, 0.05) is 19.1 Å². The van der Waals surface area contributed by atoms with E-state index in [-0.39, 0.29) is 5.91 Å². The highest BCUT2D eigenvalue weighted by Gasteiger charge is 2.24. The fourth-order valence-corrected chi connectivity index (χ4v) is 4.62. The van der Waals surface area contributed by atoms with Gasteiger partial charge >= 0.3 is 0 Å². The quantitative estimate of drug-likeness (QED) is 0.867. The van der Waals surface area contributed by atoms with Crippen LogP contribution in [-0.2, 0) is 17.6 Å². The standard InChI is InChI=1S/C24H30N2O/c27-24(18-25-23-12-6-10-21-9-4-5-11-22(21)23)26-15-13-20(14-16-26)17-19-7-2-1-3-8-19/h1-5,7-9,11,20,23,25H,6,10,12-18H2/t23-/m0/s1. The molecule has 3 nitrogen and oxygen atoms in total. The number of nitrogens with one attached hydrogen (secondary N) is 1. The van der Waals surface area contributed by atoms with Crippen molar-refractivity contribution in [3.8, 4) is 0 Å². The van der Waals surface area contributed by atoms with Crippen molar-refractivity contribution in [2.45, 2.75) is 44.6 Å². The van der Waals surface area contributed by atoms with E-state index in [2.05, 4.69) is 64.8 Å². The Bertz CT molecular complexity index is 750. The third-order valence-electron chi connectivity index (χ3n) is 6.20. The van der Waals surface area contributed by atoms with Gasteiger partial charge in [-0.1, -0.05) is 54.6 Å². The molecule has 4 rings (SSSR count). The molecular formula is C24H30N2O. The van der Waals surface area contributed by atoms with Crippen molar-refractivity contribution in [3.05, 3.63) is 71.3 Å². The summed E-state index contributed by atoms with van der Waals surface area (Å²) >= 11 is 0. The minimum Gasteiger partial charge on any atom is -0.342 e. The second kappa shape index (κ2) is 8.71. The molecule has 1 N–H and O–H groups in total. The predicted octanol–water partition coefficient (Wildman–Crippen LogP) is 4.13. The monoisotopic (exact) mass is 362 g/mol. The van der Waals surface area contributed by atoms with E-state index in [1.54, 1.807) is 0 Å². The van der Waals surface area contributed by atoms with Crippen molar-refractivity contribution in [2.24, 2.45) is 5.92 Å². The number of rotatable bonds is 5. The molecule has 2 aromatic rings. The number of fused-ring (bicyclic) bond motifs is 1. The molecule has 1 aliphatic heterocycles. The summed E-state index contributed by atoms with van der Waals surface area (Å²) in [5.41, 5.74) is 4.24. The van der Waals surface area contributed by atoms with E-state index in [1.165, 1.54) is 23.1 Å². The van der Waals surface area contributed by atoms with Crippen LogP contribution in [0.1, 0.15) is 48.4 Å². The highest BCUT2D eigenvalue weighted by molar-refractivity contribution is 5.78. The summed E-state index contributed by atoms with van der Waals surface area (Å²) in [4.78, 5) is 14.7. The van der Waals surface area contributed by atoms with Crippen molar-refractivity contribution < 1.29 is 4.79 Å². The van der Waals surface area contributed by atoms with Crippen molar-refractivity contribution in [1.29, 1.82) is 0 Å². The Morgan fingerprint density at radius 3 is 2.52 bits per heavy atom. The molecule has 0 spiro atoms. The summed E-state index contributed by atoms with van der Waals surface area (Å²) in [7, 11) is 0. The molecule has 1 saturated heterocycles. The van der Waals surface area contributed by atoms with Gasteiger partial charge in [0.05, 0.1) is 6.54 Å². The summed E-state index contributed by atoms with van der Waals surface area (Å²) in [5, 5.41) is 3.53. The van der Waals surface area contributed by atoms with Gasteiger partial charge in [-0.2, -0.15) is 0 Å². The first kappa shape index (κ1) is 18.2. The zero-order valence-electron chi connectivity index (χ0n) is 16.1. The zero-order valence-corrected chi connectivity index (χ0v) is 16.1. The van der Waals surface area contributed by atoms with Crippen LogP contribution < -0.4 is 5.32 Å². The van der Waals surface area contributed by atoms with Gasteiger partial charge in [0.15, 0.2) is 0 Å². The maximum Gasteiger partial charge on any atom is 0.236 e. The molecule has 1 amide bonds. The minimum absolute atomic E-state index is 0.260. The number of benzene rings is 2. The Morgan fingerprint density at radius 2 is 1.70 bits per heavy atom. The van der Waals surface area contributed by atoms with Gasteiger partial charge in [-0.05, 0) is 61.1 Å². The SMILES string of the molecule is O=C(CN[C@H]1CCCc2ccccc21)N1CCC(Cc2ccccc2)CC1. The van der Waals surface area contributed by atoms with Crippen LogP contribution in [0.4, 0.5) is 0 Å². The van der Waals surface area contributed by atoms with Crippen LogP contribution in [0.3, 0.4) is 0 Å². The van der Waals surface area contributed by atoms with E-state index < -0.39 is 0 Å². The minimum atomic E-state index is 0.260. The van der Waals surface area contributed by atoms with Crippen LogP contribution in [0.15, 0.2) is 54.6 Å². The smallest absolute Gasteiger partial charge is 0.236 e. The average molecular weight is 363 g/mol. The average Bonchev–Trinajstić information content (AvgIpc) is 2.73. The first-order valence-electron chi connectivity index (χ1n) is 10.4. The number of likely N-dealkylation sites (tertiary alicyclic amines) is 1. The topological polar surface area (TPSA) is 32.3 Å². The molecule has 2 aromatic carbocycles. The first-order chi connectivity index (χ1) is 13.3. The molecule has 27 heavy (non-hydrogen) atoms. The molecule has 2 aliphatic rings. The lowest BCUT2D eigenvalue weighted by Crippen LogP contribution is -2.44. The van der Waals surface area contributed by atoms with Crippen molar-refractivity contribution in [2.75, 3.05) is 19.6 Å². The van der Waals surface area contributed by atoms with Gasteiger partial charge in [-0.3, -0.25) is 4.79 Å². The number of nitrogens with zero attached hydrogens (tertiary/aromatic N) is 1. The maximum absolute atomic E-state index is 12.7. The molecule has 3 heteroatoms. The number of carbonyl (C=O) groups is 1. The van der Waals surface area contributed by atoms with Crippen molar-refractivity contribution in [3.63, 3.8) is 0 Å². The van der Waals surface area contributed by atoms with Crippen LogP contribution in [0.2, 0.25) is 0 Å². The number of amides is 1. The summed E-state index contributed by atoms with van der Waals surface area (Å²) in [6, 6.07) is 19.7. The first-order valence-corrected chi connectivity index (χ1v) is 10.4. The van der Waals surface area contributed by atoms with E-state index in [4.69, 9.17) is 0 Å². The number of hydrogen-bond acceptors (Lipinski definition) is 2. The van der Waals surface area contributed by atoms with Gasteiger partial charge < -0.3 is 10.2 Å². The molecular weight excluding hydrogens is 332 g/mol. The normalized spacial score (nSPS) is 20.3. The van der Waals surface area contributed by atoms with Crippen LogP contribution in [0, 0.1) is 5.92 Å². The second-order valence-electron chi connectivity index (χ2n) is 8.04.